The summed E-state index contributed by atoms with van der Waals surface area (Å²) < 4.78 is 15.1. The topological polar surface area (TPSA) is 78.9 Å². The molecule has 108 valence electrons. The number of carbonyl (C=O) groups excluding carboxylic acids is 3. The van der Waals surface area contributed by atoms with Gasteiger partial charge in [-0.25, -0.2) is 0 Å². The first-order valence-corrected chi connectivity index (χ1v) is 6.20. The van der Waals surface area contributed by atoms with Crippen molar-refractivity contribution in [3.63, 3.8) is 0 Å². The first-order chi connectivity index (χ1) is 9.47. The zero-order chi connectivity index (χ0) is 15.1. The van der Waals surface area contributed by atoms with E-state index < -0.39 is 17.9 Å². The summed E-state index contributed by atoms with van der Waals surface area (Å²) in [5.41, 5.74) is 0. The van der Waals surface area contributed by atoms with Crippen LogP contribution in [-0.2, 0) is 14.4 Å². The van der Waals surface area contributed by atoms with Crippen LogP contribution in [0, 0.1) is 0 Å². The highest BCUT2D eigenvalue weighted by Gasteiger charge is 2.18. The molecular weight excluding hydrogens is 264 g/mol. The van der Waals surface area contributed by atoms with E-state index in [2.05, 4.69) is 0 Å². The minimum Gasteiger partial charge on any atom is -0.422 e. The highest BCUT2D eigenvalue weighted by Crippen LogP contribution is 2.37. The zero-order valence-corrected chi connectivity index (χ0v) is 11.6. The van der Waals surface area contributed by atoms with Crippen LogP contribution in [0.3, 0.4) is 0 Å². The number of hydrogen-bond acceptors (Lipinski definition) is 6. The van der Waals surface area contributed by atoms with Crippen LogP contribution in [0.1, 0.15) is 33.6 Å². The van der Waals surface area contributed by atoms with Gasteiger partial charge in [-0.2, -0.15) is 0 Å². The molecule has 0 heterocycles. The number of ether oxygens (including phenoxy) is 3. The smallest absolute Gasteiger partial charge is 0.311 e. The number of benzene rings is 1. The molecule has 0 bridgehead atoms. The largest absolute Gasteiger partial charge is 0.422 e. The summed E-state index contributed by atoms with van der Waals surface area (Å²) in [5.74, 6) is -1.60. The van der Waals surface area contributed by atoms with Crippen molar-refractivity contribution >= 4 is 17.9 Å². The fraction of sp³-hybridized carbons (Fsp3) is 0.357. The second-order valence-electron chi connectivity index (χ2n) is 3.83. The maximum Gasteiger partial charge on any atom is 0.311 e. The molecule has 0 N–H and O–H groups in total. The lowest BCUT2D eigenvalue weighted by molar-refractivity contribution is -0.136. The molecule has 0 saturated heterocycles. The number of rotatable bonds is 5. The Morgan fingerprint density at radius 2 is 1.35 bits per heavy atom. The molecule has 0 amide bonds. The molecule has 0 aliphatic rings. The fourth-order valence-corrected chi connectivity index (χ4v) is 1.29. The summed E-state index contributed by atoms with van der Waals surface area (Å²) in [6.07, 6.45) is 0.330. The zero-order valence-electron chi connectivity index (χ0n) is 11.6. The minimum absolute atomic E-state index is 0.0356. The lowest BCUT2D eigenvalue weighted by Gasteiger charge is -2.13. The summed E-state index contributed by atoms with van der Waals surface area (Å²) >= 11 is 0. The first-order valence-electron chi connectivity index (χ1n) is 6.20. The van der Waals surface area contributed by atoms with Crippen LogP contribution in [0.25, 0.3) is 0 Å². The summed E-state index contributed by atoms with van der Waals surface area (Å²) in [5, 5.41) is 0. The van der Waals surface area contributed by atoms with Gasteiger partial charge in [0.15, 0.2) is 11.5 Å². The van der Waals surface area contributed by atoms with Crippen LogP contribution in [-0.4, -0.2) is 17.9 Å². The van der Waals surface area contributed by atoms with Gasteiger partial charge in [0.2, 0.25) is 5.75 Å². The standard InChI is InChI=1S/C14H16O6/c1-4-12(16)19-10-7-6-8-11(20-13(17)5-2)14(10)18-9(3)15/h6-8H,4-5H2,1-3H3. The van der Waals surface area contributed by atoms with E-state index in [1.807, 2.05) is 0 Å². The summed E-state index contributed by atoms with van der Waals surface area (Å²) in [6, 6.07) is 4.44. The molecule has 0 saturated carbocycles. The fourth-order valence-electron chi connectivity index (χ4n) is 1.29. The Morgan fingerprint density at radius 1 is 0.900 bits per heavy atom. The molecule has 0 aromatic heterocycles. The summed E-state index contributed by atoms with van der Waals surface area (Å²) in [4.78, 5) is 33.8. The van der Waals surface area contributed by atoms with Crippen LogP contribution >= 0.6 is 0 Å². The van der Waals surface area contributed by atoms with E-state index in [1.165, 1.54) is 25.1 Å². The molecule has 0 unspecified atom stereocenters. The summed E-state index contributed by atoms with van der Waals surface area (Å²) in [7, 11) is 0. The van der Waals surface area contributed by atoms with Gasteiger partial charge in [-0.15, -0.1) is 0 Å². The van der Waals surface area contributed by atoms with E-state index in [0.717, 1.165) is 0 Å². The van der Waals surface area contributed by atoms with Gasteiger partial charge in [-0.1, -0.05) is 19.9 Å². The van der Waals surface area contributed by atoms with Crippen molar-refractivity contribution in [3.8, 4) is 17.2 Å². The molecule has 1 aromatic carbocycles. The Bertz CT molecular complexity index is 484. The third kappa shape index (κ3) is 4.38. The van der Waals surface area contributed by atoms with Crippen molar-refractivity contribution in [2.24, 2.45) is 0 Å². The minimum atomic E-state index is -0.612. The van der Waals surface area contributed by atoms with Gasteiger partial charge in [0, 0.05) is 19.8 Å². The van der Waals surface area contributed by atoms with Crippen molar-refractivity contribution in [2.45, 2.75) is 33.6 Å². The molecule has 1 rings (SSSR count). The Morgan fingerprint density at radius 3 is 1.70 bits per heavy atom. The van der Waals surface area contributed by atoms with Gasteiger partial charge in [0.05, 0.1) is 0 Å². The van der Waals surface area contributed by atoms with Crippen molar-refractivity contribution in [1.82, 2.24) is 0 Å². The van der Waals surface area contributed by atoms with E-state index >= 15 is 0 Å². The third-order valence-electron chi connectivity index (χ3n) is 2.21. The number of carbonyl (C=O) groups is 3. The van der Waals surface area contributed by atoms with Gasteiger partial charge >= 0.3 is 17.9 Å². The average molecular weight is 280 g/mol. The molecule has 0 fully saturated rings. The Kier molecular flexibility index (Phi) is 5.71. The molecule has 0 aliphatic heterocycles. The van der Waals surface area contributed by atoms with Crippen LogP contribution in [0.4, 0.5) is 0 Å². The third-order valence-corrected chi connectivity index (χ3v) is 2.21. The van der Waals surface area contributed by atoms with E-state index in [9.17, 15) is 14.4 Å². The predicted molar refractivity (Wildman–Crippen MR) is 69.6 cm³/mol. The molecule has 0 atom stereocenters. The molecule has 20 heavy (non-hydrogen) atoms. The molecule has 0 aliphatic carbocycles. The van der Waals surface area contributed by atoms with Gasteiger partial charge < -0.3 is 14.2 Å². The predicted octanol–water partition coefficient (Wildman–Crippen LogP) is 2.24. The average Bonchev–Trinajstić information content (AvgIpc) is 2.41. The van der Waals surface area contributed by atoms with E-state index in [1.54, 1.807) is 13.8 Å². The lowest BCUT2D eigenvalue weighted by atomic mass is 10.3. The Hall–Kier alpha value is -2.37. The lowest BCUT2D eigenvalue weighted by Crippen LogP contribution is -2.12. The Balaban J connectivity index is 3.15. The molecule has 6 nitrogen and oxygen atoms in total. The maximum absolute atomic E-state index is 11.3. The molecular formula is C14H16O6. The molecule has 0 radical (unpaired) electrons. The maximum atomic E-state index is 11.3. The first kappa shape index (κ1) is 15.7. The van der Waals surface area contributed by atoms with Gasteiger partial charge in [0.25, 0.3) is 0 Å². The van der Waals surface area contributed by atoms with Crippen molar-refractivity contribution in [2.75, 3.05) is 0 Å². The highest BCUT2D eigenvalue weighted by molar-refractivity contribution is 5.78. The summed E-state index contributed by atoms with van der Waals surface area (Å²) in [6.45, 7) is 4.47. The van der Waals surface area contributed by atoms with Gasteiger partial charge in [0.1, 0.15) is 0 Å². The van der Waals surface area contributed by atoms with Gasteiger partial charge in [-0.05, 0) is 12.1 Å². The monoisotopic (exact) mass is 280 g/mol. The highest BCUT2D eigenvalue weighted by atomic mass is 16.6. The van der Waals surface area contributed by atoms with Crippen LogP contribution in [0.15, 0.2) is 18.2 Å². The van der Waals surface area contributed by atoms with Crippen LogP contribution in [0.2, 0.25) is 0 Å². The number of hydrogen-bond donors (Lipinski definition) is 0. The van der Waals surface area contributed by atoms with E-state index in [-0.39, 0.29) is 30.1 Å². The van der Waals surface area contributed by atoms with Crippen LogP contribution < -0.4 is 14.2 Å². The second-order valence-corrected chi connectivity index (χ2v) is 3.83. The normalized spacial score (nSPS) is 9.75. The van der Waals surface area contributed by atoms with Crippen molar-refractivity contribution in [3.05, 3.63) is 18.2 Å². The SMILES string of the molecule is CCC(=O)Oc1cccc(OC(=O)CC)c1OC(C)=O. The Labute approximate surface area is 116 Å². The van der Waals surface area contributed by atoms with Crippen LogP contribution in [0.5, 0.6) is 17.2 Å². The van der Waals surface area contributed by atoms with E-state index in [4.69, 9.17) is 14.2 Å². The molecule has 6 heteroatoms. The quantitative estimate of drug-likeness (QED) is 0.608. The molecule has 1 aromatic rings. The second kappa shape index (κ2) is 7.28. The number of para-hydroxylation sites is 1. The number of esters is 3. The molecule has 0 spiro atoms. The van der Waals surface area contributed by atoms with E-state index in [0.29, 0.717) is 0 Å². The van der Waals surface area contributed by atoms with Crippen molar-refractivity contribution < 1.29 is 28.6 Å². The van der Waals surface area contributed by atoms with Crippen molar-refractivity contribution in [1.29, 1.82) is 0 Å². The van der Waals surface area contributed by atoms with Gasteiger partial charge in [-0.3, -0.25) is 14.4 Å².